The molecule has 4 nitrogen and oxygen atoms in total. The topological polar surface area (TPSA) is 80.9 Å². The minimum Gasteiger partial charge on any atom is -0.507 e. The standard InChI is InChI=1S/C64H54O4/c1-63(2,3)47-35-55(61(67)57(37-47)53-29-27-45(33-59(53)65)51-25-13-17-39-15-7-9-23-49(39)51)43-21-11-19-41(31-43)42-20-12-22-44(32-42)56-36-48(64(4,5)6)38-58(62(56)68)54-30-28-46(34-60(54)66)52-26-14-18-40-16-8-10-24-50(40)52/h7-38,65-68H,1-6H3. The molecule has 10 aromatic carbocycles. The van der Waals surface area contributed by atoms with Gasteiger partial charge in [-0.1, -0.05) is 175 Å². The maximum absolute atomic E-state index is 12.2. The van der Waals surface area contributed by atoms with E-state index in [4.69, 9.17) is 0 Å². The molecule has 334 valence electrons. The zero-order valence-corrected chi connectivity index (χ0v) is 39.3. The van der Waals surface area contributed by atoms with Crippen LogP contribution in [0.25, 0.3) is 99.4 Å². The molecule has 0 heterocycles. The Morgan fingerprint density at radius 2 is 0.603 bits per heavy atom. The lowest BCUT2D eigenvalue weighted by Crippen LogP contribution is -2.11. The molecule has 68 heavy (non-hydrogen) atoms. The van der Waals surface area contributed by atoms with E-state index in [1.165, 1.54) is 0 Å². The highest BCUT2D eigenvalue weighted by Crippen LogP contribution is 2.48. The smallest absolute Gasteiger partial charge is 0.131 e. The molecule has 4 heteroatoms. The first kappa shape index (κ1) is 43.8. The van der Waals surface area contributed by atoms with Crippen molar-refractivity contribution >= 4 is 21.5 Å². The Labute approximate surface area is 398 Å². The molecule has 10 aromatic rings. The third-order valence-electron chi connectivity index (χ3n) is 13.4. The Kier molecular flexibility index (Phi) is 10.9. The van der Waals surface area contributed by atoms with Crippen molar-refractivity contribution in [3.8, 4) is 101 Å². The molecule has 4 N–H and O–H groups in total. The van der Waals surface area contributed by atoms with Crippen LogP contribution in [0, 0.1) is 0 Å². The van der Waals surface area contributed by atoms with Gasteiger partial charge in [0, 0.05) is 33.4 Å². The van der Waals surface area contributed by atoms with Crippen molar-refractivity contribution in [2.45, 2.75) is 52.4 Å². The lowest BCUT2D eigenvalue weighted by atomic mass is 9.82. The summed E-state index contributed by atoms with van der Waals surface area (Å²) in [6, 6.07) is 64.6. The summed E-state index contributed by atoms with van der Waals surface area (Å²) in [5.74, 6) is 0.343. The van der Waals surface area contributed by atoms with Crippen LogP contribution in [0.5, 0.6) is 23.0 Å². The average Bonchev–Trinajstić information content (AvgIpc) is 3.33. The Morgan fingerprint density at radius 3 is 1.00 bits per heavy atom. The predicted molar refractivity (Wildman–Crippen MR) is 284 cm³/mol. The number of hydrogen-bond acceptors (Lipinski definition) is 4. The van der Waals surface area contributed by atoms with E-state index in [-0.39, 0.29) is 33.8 Å². The predicted octanol–water partition coefficient (Wildman–Crippen LogP) is 17.1. The molecule has 0 unspecified atom stereocenters. The van der Waals surface area contributed by atoms with Crippen LogP contribution in [0.2, 0.25) is 0 Å². The molecule has 0 spiro atoms. The molecular weight excluding hydrogens is 833 g/mol. The molecule has 0 aromatic heterocycles. The van der Waals surface area contributed by atoms with Crippen LogP contribution in [0.3, 0.4) is 0 Å². The van der Waals surface area contributed by atoms with E-state index in [0.717, 1.165) is 77.2 Å². The largest absolute Gasteiger partial charge is 0.507 e. The molecule has 0 saturated heterocycles. The monoisotopic (exact) mass is 886 g/mol. The first-order valence-electron chi connectivity index (χ1n) is 23.2. The zero-order valence-electron chi connectivity index (χ0n) is 39.3. The van der Waals surface area contributed by atoms with Gasteiger partial charge in [0.05, 0.1) is 0 Å². The molecule has 0 amide bonds. The van der Waals surface area contributed by atoms with Gasteiger partial charge in [-0.25, -0.2) is 0 Å². The first-order valence-corrected chi connectivity index (χ1v) is 23.2. The van der Waals surface area contributed by atoms with E-state index < -0.39 is 0 Å². The summed E-state index contributed by atoms with van der Waals surface area (Å²) >= 11 is 0. The minimum absolute atomic E-state index is 0.0852. The van der Waals surface area contributed by atoms with Crippen LogP contribution >= 0.6 is 0 Å². The van der Waals surface area contributed by atoms with E-state index in [1.807, 2.05) is 97.1 Å². The summed E-state index contributed by atoms with van der Waals surface area (Å²) in [7, 11) is 0. The fourth-order valence-corrected chi connectivity index (χ4v) is 9.53. The molecule has 0 saturated carbocycles. The average molecular weight is 887 g/mol. The second-order valence-electron chi connectivity index (χ2n) is 20.0. The van der Waals surface area contributed by atoms with Crippen LogP contribution in [0.15, 0.2) is 194 Å². The maximum Gasteiger partial charge on any atom is 0.131 e. The van der Waals surface area contributed by atoms with Gasteiger partial charge in [-0.3, -0.25) is 0 Å². The lowest BCUT2D eigenvalue weighted by Gasteiger charge is -2.23. The van der Waals surface area contributed by atoms with Crippen molar-refractivity contribution in [2.75, 3.05) is 0 Å². The zero-order chi connectivity index (χ0) is 47.5. The van der Waals surface area contributed by atoms with E-state index in [2.05, 4.69) is 126 Å². The quantitative estimate of drug-likeness (QED) is 0.129. The molecule has 0 aliphatic carbocycles. The summed E-state index contributed by atoms with van der Waals surface area (Å²) < 4.78 is 0. The number of rotatable bonds is 7. The lowest BCUT2D eigenvalue weighted by molar-refractivity contribution is 0.469. The summed E-state index contributed by atoms with van der Waals surface area (Å²) in [5, 5.41) is 52.3. The van der Waals surface area contributed by atoms with E-state index >= 15 is 0 Å². The van der Waals surface area contributed by atoms with Crippen molar-refractivity contribution in [1.82, 2.24) is 0 Å². The molecule has 0 atom stereocenters. The normalized spacial score (nSPS) is 11.9. The highest BCUT2D eigenvalue weighted by Gasteiger charge is 2.25. The van der Waals surface area contributed by atoms with Gasteiger partial charge < -0.3 is 20.4 Å². The Bertz CT molecular complexity index is 3340. The van der Waals surface area contributed by atoms with Crippen molar-refractivity contribution in [3.63, 3.8) is 0 Å². The van der Waals surface area contributed by atoms with E-state index in [9.17, 15) is 20.4 Å². The van der Waals surface area contributed by atoms with Gasteiger partial charge in [0.25, 0.3) is 0 Å². The van der Waals surface area contributed by atoms with Crippen molar-refractivity contribution in [2.24, 2.45) is 0 Å². The van der Waals surface area contributed by atoms with Crippen LogP contribution in [0.4, 0.5) is 0 Å². The van der Waals surface area contributed by atoms with Crippen molar-refractivity contribution < 1.29 is 20.4 Å². The van der Waals surface area contributed by atoms with Crippen LogP contribution in [-0.2, 0) is 10.8 Å². The Hall–Kier alpha value is -8.08. The fourth-order valence-electron chi connectivity index (χ4n) is 9.53. The number of phenols is 4. The summed E-state index contributed by atoms with van der Waals surface area (Å²) in [6.07, 6.45) is 0. The number of aromatic hydroxyl groups is 4. The van der Waals surface area contributed by atoms with Gasteiger partial charge in [0.15, 0.2) is 0 Å². The molecule has 0 aliphatic rings. The second kappa shape index (κ2) is 17.0. The fraction of sp³-hybridized carbons (Fsp3) is 0.125. The molecule has 0 fully saturated rings. The van der Waals surface area contributed by atoms with Crippen LogP contribution in [0.1, 0.15) is 52.7 Å². The highest BCUT2D eigenvalue weighted by molar-refractivity contribution is 5.99. The Balaban J connectivity index is 1.03. The van der Waals surface area contributed by atoms with E-state index in [1.54, 1.807) is 12.1 Å². The third-order valence-corrected chi connectivity index (χ3v) is 13.4. The van der Waals surface area contributed by atoms with Crippen LogP contribution in [-0.4, -0.2) is 20.4 Å². The van der Waals surface area contributed by atoms with Gasteiger partial charge in [-0.2, -0.15) is 0 Å². The van der Waals surface area contributed by atoms with Gasteiger partial charge >= 0.3 is 0 Å². The van der Waals surface area contributed by atoms with Gasteiger partial charge in [0.2, 0.25) is 0 Å². The summed E-state index contributed by atoms with van der Waals surface area (Å²) in [5.41, 5.74) is 12.4. The SMILES string of the molecule is CC(C)(C)c1cc(-c2cccc(-c3cccc(-c4cc(C(C)(C)C)cc(-c5ccc(-c6cccc7ccccc67)cc5O)c4O)c3)c2)c(O)c(-c2ccc(-c3cccc4ccccc34)cc2O)c1. The molecular formula is C64H54O4. The Morgan fingerprint density at radius 1 is 0.265 bits per heavy atom. The number of phenolic OH excluding ortho intramolecular Hbond substituents is 4. The summed E-state index contributed by atoms with van der Waals surface area (Å²) in [4.78, 5) is 0. The van der Waals surface area contributed by atoms with Crippen molar-refractivity contribution in [3.05, 3.63) is 205 Å². The van der Waals surface area contributed by atoms with Gasteiger partial charge in [0.1, 0.15) is 23.0 Å². The first-order chi connectivity index (χ1) is 32.6. The molecule has 10 rings (SSSR count). The van der Waals surface area contributed by atoms with Crippen molar-refractivity contribution in [1.29, 1.82) is 0 Å². The van der Waals surface area contributed by atoms with Gasteiger partial charge in [-0.15, -0.1) is 0 Å². The molecule has 0 aliphatic heterocycles. The minimum atomic E-state index is -0.264. The van der Waals surface area contributed by atoms with Crippen LogP contribution < -0.4 is 0 Å². The summed E-state index contributed by atoms with van der Waals surface area (Å²) in [6.45, 7) is 12.9. The van der Waals surface area contributed by atoms with E-state index in [0.29, 0.717) is 33.4 Å². The van der Waals surface area contributed by atoms with Gasteiger partial charge in [-0.05, 0) is 149 Å². The molecule has 0 bridgehead atoms. The maximum atomic E-state index is 12.2. The second-order valence-corrected chi connectivity index (χ2v) is 20.0. The molecule has 0 radical (unpaired) electrons. The number of fused-ring (bicyclic) bond motifs is 2. The number of hydrogen-bond donors (Lipinski definition) is 4. The third kappa shape index (κ3) is 8.13. The highest BCUT2D eigenvalue weighted by atomic mass is 16.3. The number of benzene rings is 10.